The van der Waals surface area contributed by atoms with Crippen LogP contribution in [0.5, 0.6) is 0 Å². The fourth-order valence-corrected chi connectivity index (χ4v) is 2.63. The molecule has 1 aromatic rings. The summed E-state index contributed by atoms with van der Waals surface area (Å²) in [5.41, 5.74) is 7.30. The first-order valence-electron chi connectivity index (χ1n) is 7.32. The zero-order chi connectivity index (χ0) is 13.5. The molecule has 1 heterocycles. The Kier molecular flexibility index (Phi) is 5.55. The Bertz CT molecular complexity index is 411. The molecule has 1 aromatic heterocycles. The Balaban J connectivity index is 1.99. The third-order valence-corrected chi connectivity index (χ3v) is 3.80. The third-order valence-electron chi connectivity index (χ3n) is 3.80. The van der Waals surface area contributed by atoms with Gasteiger partial charge in [-0.05, 0) is 49.4 Å². The first-order chi connectivity index (χ1) is 9.29. The topological polar surface area (TPSA) is 59.1 Å². The summed E-state index contributed by atoms with van der Waals surface area (Å²) >= 11 is 0. The van der Waals surface area contributed by atoms with Crippen molar-refractivity contribution in [2.24, 2.45) is 11.7 Å². The quantitative estimate of drug-likeness (QED) is 0.855. The highest BCUT2D eigenvalue weighted by Gasteiger charge is 2.10. The van der Waals surface area contributed by atoms with Crippen LogP contribution in [0, 0.1) is 5.92 Å². The molecule has 0 saturated heterocycles. The van der Waals surface area contributed by atoms with E-state index in [1.807, 2.05) is 12.1 Å². The van der Waals surface area contributed by atoms with Crippen LogP contribution in [-0.2, 0) is 0 Å². The minimum Gasteiger partial charge on any atom is -0.387 e. The van der Waals surface area contributed by atoms with Crippen LogP contribution in [0.4, 0.5) is 0 Å². The van der Waals surface area contributed by atoms with E-state index in [-0.39, 0.29) is 0 Å². The number of pyridine rings is 1. The van der Waals surface area contributed by atoms with Crippen LogP contribution in [0.1, 0.15) is 55.9 Å². The maximum Gasteiger partial charge on any atom is 0.0972 e. The van der Waals surface area contributed by atoms with E-state index in [0.717, 1.165) is 17.2 Å². The van der Waals surface area contributed by atoms with Crippen molar-refractivity contribution in [2.45, 2.75) is 44.6 Å². The molecule has 3 heteroatoms. The Morgan fingerprint density at radius 2 is 2.16 bits per heavy atom. The van der Waals surface area contributed by atoms with Crippen molar-refractivity contribution in [1.29, 1.82) is 0 Å². The van der Waals surface area contributed by atoms with Crippen molar-refractivity contribution in [3.05, 3.63) is 35.7 Å². The molecule has 3 N–H and O–H groups in total. The summed E-state index contributed by atoms with van der Waals surface area (Å²) in [4.78, 5) is 4.21. The van der Waals surface area contributed by atoms with Crippen molar-refractivity contribution < 1.29 is 5.11 Å². The molecule has 1 fully saturated rings. The van der Waals surface area contributed by atoms with Gasteiger partial charge in [0.1, 0.15) is 0 Å². The highest BCUT2D eigenvalue weighted by Crippen LogP contribution is 2.25. The Labute approximate surface area is 115 Å². The van der Waals surface area contributed by atoms with Gasteiger partial charge in [0.15, 0.2) is 0 Å². The van der Waals surface area contributed by atoms with Crippen molar-refractivity contribution in [2.75, 3.05) is 6.54 Å². The number of allylic oxidation sites excluding steroid dienone is 1. The number of nitrogens with zero attached hydrogens (tertiary/aromatic N) is 1. The van der Waals surface area contributed by atoms with Crippen LogP contribution in [0.25, 0.3) is 6.08 Å². The van der Waals surface area contributed by atoms with Gasteiger partial charge in [0.05, 0.1) is 11.8 Å². The number of nitrogens with two attached hydrogens (primary N) is 1. The zero-order valence-corrected chi connectivity index (χ0v) is 11.5. The maximum absolute atomic E-state index is 9.90. The molecular formula is C16H24N2O. The van der Waals surface area contributed by atoms with Gasteiger partial charge in [0.25, 0.3) is 0 Å². The SMILES string of the molecule is NCCC(O)c1cc(/C=C/C2CCCCC2)ccn1. The number of aliphatic hydroxyl groups is 1. The summed E-state index contributed by atoms with van der Waals surface area (Å²) in [5.74, 6) is 0.722. The highest BCUT2D eigenvalue weighted by molar-refractivity contribution is 5.49. The summed E-state index contributed by atoms with van der Waals surface area (Å²) in [5, 5.41) is 9.90. The minimum absolute atomic E-state index is 0.477. The van der Waals surface area contributed by atoms with Gasteiger partial charge in [0, 0.05) is 6.20 Å². The molecule has 0 aromatic carbocycles. The van der Waals surface area contributed by atoms with E-state index in [1.165, 1.54) is 32.1 Å². The third kappa shape index (κ3) is 4.44. The van der Waals surface area contributed by atoms with Crippen molar-refractivity contribution in [3.8, 4) is 0 Å². The van der Waals surface area contributed by atoms with E-state index in [2.05, 4.69) is 17.1 Å². The lowest BCUT2D eigenvalue weighted by Gasteiger charge is -2.17. The van der Waals surface area contributed by atoms with Gasteiger partial charge in [-0.15, -0.1) is 0 Å². The maximum atomic E-state index is 9.90. The average molecular weight is 260 g/mol. The Morgan fingerprint density at radius 3 is 2.89 bits per heavy atom. The smallest absolute Gasteiger partial charge is 0.0972 e. The lowest BCUT2D eigenvalue weighted by molar-refractivity contribution is 0.165. The Morgan fingerprint density at radius 1 is 1.37 bits per heavy atom. The molecule has 0 bridgehead atoms. The van der Waals surface area contributed by atoms with Crippen LogP contribution in [-0.4, -0.2) is 16.6 Å². The van der Waals surface area contributed by atoms with Crippen LogP contribution in [0.3, 0.4) is 0 Å². The Hall–Kier alpha value is -1.19. The van der Waals surface area contributed by atoms with E-state index in [4.69, 9.17) is 5.73 Å². The van der Waals surface area contributed by atoms with E-state index >= 15 is 0 Å². The standard InChI is InChI=1S/C16H24N2O/c17-10-8-16(19)15-12-14(9-11-18-15)7-6-13-4-2-1-3-5-13/h6-7,9,11-13,16,19H,1-5,8,10,17H2/b7-6+. The fourth-order valence-electron chi connectivity index (χ4n) is 2.63. The first-order valence-corrected chi connectivity index (χ1v) is 7.32. The fraction of sp³-hybridized carbons (Fsp3) is 0.562. The molecule has 1 aliphatic rings. The van der Waals surface area contributed by atoms with E-state index in [0.29, 0.717) is 13.0 Å². The van der Waals surface area contributed by atoms with Crippen molar-refractivity contribution in [3.63, 3.8) is 0 Å². The average Bonchev–Trinajstić information content (AvgIpc) is 2.47. The lowest BCUT2D eigenvalue weighted by atomic mass is 9.89. The van der Waals surface area contributed by atoms with Gasteiger partial charge >= 0.3 is 0 Å². The van der Waals surface area contributed by atoms with E-state index < -0.39 is 6.10 Å². The molecule has 0 amide bonds. The van der Waals surface area contributed by atoms with Crippen molar-refractivity contribution in [1.82, 2.24) is 4.98 Å². The molecule has 2 rings (SSSR count). The summed E-state index contributed by atoms with van der Waals surface area (Å²) in [6.07, 6.45) is 13.0. The first kappa shape index (κ1) is 14.2. The highest BCUT2D eigenvalue weighted by atomic mass is 16.3. The van der Waals surface area contributed by atoms with Gasteiger partial charge < -0.3 is 10.8 Å². The molecule has 1 unspecified atom stereocenters. The summed E-state index contributed by atoms with van der Waals surface area (Å²) in [6.45, 7) is 0.477. The molecule has 0 spiro atoms. The van der Waals surface area contributed by atoms with Crippen LogP contribution in [0.15, 0.2) is 24.4 Å². The molecule has 0 radical (unpaired) electrons. The lowest BCUT2D eigenvalue weighted by Crippen LogP contribution is -2.08. The molecular weight excluding hydrogens is 236 g/mol. The van der Waals surface area contributed by atoms with Crippen LogP contribution >= 0.6 is 0 Å². The predicted molar refractivity (Wildman–Crippen MR) is 78.5 cm³/mol. The summed E-state index contributed by atoms with van der Waals surface area (Å²) in [6, 6.07) is 3.94. The normalized spacial score (nSPS) is 18.8. The van der Waals surface area contributed by atoms with Gasteiger partial charge in [-0.1, -0.05) is 31.4 Å². The van der Waals surface area contributed by atoms with Gasteiger partial charge in [0.2, 0.25) is 0 Å². The second-order valence-electron chi connectivity index (χ2n) is 5.36. The molecule has 3 nitrogen and oxygen atoms in total. The minimum atomic E-state index is -0.548. The van der Waals surface area contributed by atoms with Gasteiger partial charge in [-0.3, -0.25) is 4.98 Å². The number of hydrogen-bond acceptors (Lipinski definition) is 3. The number of aliphatic hydroxyl groups excluding tert-OH is 1. The van der Waals surface area contributed by atoms with Gasteiger partial charge in [-0.25, -0.2) is 0 Å². The molecule has 0 aliphatic heterocycles. The van der Waals surface area contributed by atoms with Crippen LogP contribution < -0.4 is 5.73 Å². The van der Waals surface area contributed by atoms with E-state index in [9.17, 15) is 5.11 Å². The second-order valence-corrected chi connectivity index (χ2v) is 5.36. The summed E-state index contributed by atoms with van der Waals surface area (Å²) in [7, 11) is 0. The van der Waals surface area contributed by atoms with E-state index in [1.54, 1.807) is 6.20 Å². The molecule has 1 atom stereocenters. The number of rotatable bonds is 5. The number of aromatic nitrogens is 1. The molecule has 104 valence electrons. The zero-order valence-electron chi connectivity index (χ0n) is 11.5. The van der Waals surface area contributed by atoms with Crippen molar-refractivity contribution >= 4 is 6.08 Å². The molecule has 19 heavy (non-hydrogen) atoms. The molecule has 1 aliphatic carbocycles. The largest absolute Gasteiger partial charge is 0.387 e. The van der Waals surface area contributed by atoms with Crippen LogP contribution in [0.2, 0.25) is 0 Å². The second kappa shape index (κ2) is 7.41. The molecule has 1 saturated carbocycles. The number of hydrogen-bond donors (Lipinski definition) is 2. The van der Waals surface area contributed by atoms with Gasteiger partial charge in [-0.2, -0.15) is 0 Å². The summed E-state index contributed by atoms with van der Waals surface area (Å²) < 4.78 is 0. The monoisotopic (exact) mass is 260 g/mol. The predicted octanol–water partition coefficient (Wildman–Crippen LogP) is 3.06.